The van der Waals surface area contributed by atoms with Crippen molar-refractivity contribution in [2.75, 3.05) is 18.4 Å². The summed E-state index contributed by atoms with van der Waals surface area (Å²) in [6.45, 7) is 3.07. The summed E-state index contributed by atoms with van der Waals surface area (Å²) >= 11 is 0. The molecule has 1 N–H and O–H groups in total. The van der Waals surface area contributed by atoms with Crippen molar-refractivity contribution in [1.82, 2.24) is 4.90 Å². The summed E-state index contributed by atoms with van der Waals surface area (Å²) in [6.07, 6.45) is 3.13. The fourth-order valence-electron chi connectivity index (χ4n) is 3.31. The lowest BCUT2D eigenvalue weighted by molar-refractivity contribution is 0.101. The van der Waals surface area contributed by atoms with Gasteiger partial charge in [-0.3, -0.25) is 4.79 Å². The second-order valence-electron chi connectivity index (χ2n) is 6.69. The van der Waals surface area contributed by atoms with E-state index >= 15 is 0 Å². The smallest absolute Gasteiger partial charge is 0.321 e. The molecule has 0 spiro atoms. The van der Waals surface area contributed by atoms with Crippen molar-refractivity contribution in [3.05, 3.63) is 65.7 Å². The first-order chi connectivity index (χ1) is 12.1. The molecule has 3 rings (SSSR count). The fraction of sp³-hybridized carbons (Fsp3) is 0.333. The number of carbonyl (C=O) groups excluding carboxylic acids is 2. The van der Waals surface area contributed by atoms with Crippen LogP contribution in [0.15, 0.2) is 54.6 Å². The van der Waals surface area contributed by atoms with Crippen molar-refractivity contribution in [1.29, 1.82) is 0 Å². The molecule has 25 heavy (non-hydrogen) atoms. The average molecular weight is 336 g/mol. The minimum atomic E-state index is -0.0844. The third-order valence-electron chi connectivity index (χ3n) is 4.79. The van der Waals surface area contributed by atoms with Gasteiger partial charge in [-0.05, 0) is 49.8 Å². The summed E-state index contributed by atoms with van der Waals surface area (Å²) in [5, 5.41) is 2.91. The Labute approximate surface area is 148 Å². The van der Waals surface area contributed by atoms with E-state index in [1.54, 1.807) is 18.2 Å². The summed E-state index contributed by atoms with van der Waals surface area (Å²) in [6, 6.07) is 17.5. The molecule has 1 fully saturated rings. The predicted octanol–water partition coefficient (Wildman–Crippen LogP) is 4.38. The van der Waals surface area contributed by atoms with Crippen LogP contribution in [-0.2, 0) is 6.42 Å². The molecule has 2 aromatic carbocycles. The van der Waals surface area contributed by atoms with Gasteiger partial charge in [0.05, 0.1) is 0 Å². The topological polar surface area (TPSA) is 49.4 Å². The molecule has 0 aliphatic carbocycles. The van der Waals surface area contributed by atoms with Gasteiger partial charge in [0.25, 0.3) is 0 Å². The van der Waals surface area contributed by atoms with Crippen LogP contribution in [0, 0.1) is 5.92 Å². The van der Waals surface area contributed by atoms with Gasteiger partial charge in [-0.1, -0.05) is 42.5 Å². The van der Waals surface area contributed by atoms with E-state index < -0.39 is 0 Å². The molecule has 2 amide bonds. The number of nitrogens with one attached hydrogen (secondary N) is 1. The van der Waals surface area contributed by atoms with Crippen molar-refractivity contribution in [2.45, 2.75) is 26.2 Å². The first kappa shape index (κ1) is 17.2. The highest BCUT2D eigenvalue weighted by Gasteiger charge is 2.23. The van der Waals surface area contributed by atoms with Gasteiger partial charge in [0.15, 0.2) is 5.78 Å². The Hall–Kier alpha value is -2.62. The van der Waals surface area contributed by atoms with Crippen LogP contribution in [-0.4, -0.2) is 29.8 Å². The number of amides is 2. The molecule has 2 aromatic rings. The number of piperidine rings is 1. The molecule has 0 saturated carbocycles. The number of rotatable bonds is 4. The molecule has 1 saturated heterocycles. The van der Waals surface area contributed by atoms with E-state index in [0.717, 1.165) is 32.4 Å². The van der Waals surface area contributed by atoms with Crippen LogP contribution in [0.5, 0.6) is 0 Å². The molecule has 1 aliphatic rings. The van der Waals surface area contributed by atoms with Crippen LogP contribution in [0.25, 0.3) is 0 Å². The van der Waals surface area contributed by atoms with E-state index in [2.05, 4.69) is 29.6 Å². The number of carbonyl (C=O) groups is 2. The highest BCUT2D eigenvalue weighted by atomic mass is 16.2. The number of likely N-dealkylation sites (tertiary alicyclic amines) is 1. The number of urea groups is 1. The van der Waals surface area contributed by atoms with Crippen molar-refractivity contribution >= 4 is 17.5 Å². The monoisotopic (exact) mass is 336 g/mol. The normalized spacial score (nSPS) is 15.0. The molecule has 130 valence electrons. The molecule has 0 atom stereocenters. The Morgan fingerprint density at radius 2 is 1.76 bits per heavy atom. The van der Waals surface area contributed by atoms with Gasteiger partial charge in [0.1, 0.15) is 0 Å². The summed E-state index contributed by atoms with van der Waals surface area (Å²) in [5.74, 6) is 0.630. The minimum Gasteiger partial charge on any atom is -0.325 e. The summed E-state index contributed by atoms with van der Waals surface area (Å²) in [7, 11) is 0. The van der Waals surface area contributed by atoms with Gasteiger partial charge < -0.3 is 10.2 Å². The molecule has 0 aromatic heterocycles. The maximum absolute atomic E-state index is 12.4. The molecule has 4 heteroatoms. The lowest BCUT2D eigenvalue weighted by Crippen LogP contribution is -2.41. The highest BCUT2D eigenvalue weighted by Crippen LogP contribution is 2.22. The molecule has 0 unspecified atom stereocenters. The number of benzene rings is 2. The Bertz CT molecular complexity index is 735. The van der Waals surface area contributed by atoms with Gasteiger partial charge in [0, 0.05) is 24.3 Å². The molecule has 1 aliphatic heterocycles. The fourth-order valence-corrected chi connectivity index (χ4v) is 3.31. The molecular formula is C21H24N2O2. The molecule has 4 nitrogen and oxygen atoms in total. The van der Waals surface area contributed by atoms with Crippen LogP contribution in [0.1, 0.15) is 35.7 Å². The van der Waals surface area contributed by atoms with E-state index in [0.29, 0.717) is 17.2 Å². The Morgan fingerprint density at radius 3 is 2.44 bits per heavy atom. The zero-order valence-electron chi connectivity index (χ0n) is 14.6. The van der Waals surface area contributed by atoms with Crippen LogP contribution in [0.4, 0.5) is 10.5 Å². The first-order valence-electron chi connectivity index (χ1n) is 8.82. The second-order valence-corrected chi connectivity index (χ2v) is 6.69. The lowest BCUT2D eigenvalue weighted by atomic mass is 9.90. The zero-order chi connectivity index (χ0) is 17.6. The SMILES string of the molecule is CC(=O)c1cccc(NC(=O)N2CCC(Cc3ccccc3)CC2)c1. The van der Waals surface area contributed by atoms with Gasteiger partial charge >= 0.3 is 6.03 Å². The minimum absolute atomic E-state index is 0.00201. The number of nitrogens with zero attached hydrogens (tertiary/aromatic N) is 1. The van der Waals surface area contributed by atoms with E-state index in [1.165, 1.54) is 12.5 Å². The summed E-state index contributed by atoms with van der Waals surface area (Å²) in [5.41, 5.74) is 2.65. The summed E-state index contributed by atoms with van der Waals surface area (Å²) in [4.78, 5) is 25.8. The number of Topliss-reactive ketones (excluding diaryl/α,β-unsaturated/α-hetero) is 1. The van der Waals surface area contributed by atoms with Crippen LogP contribution >= 0.6 is 0 Å². The van der Waals surface area contributed by atoms with E-state index in [1.807, 2.05) is 17.0 Å². The Balaban J connectivity index is 1.51. The van der Waals surface area contributed by atoms with Crippen LogP contribution in [0.3, 0.4) is 0 Å². The first-order valence-corrected chi connectivity index (χ1v) is 8.82. The van der Waals surface area contributed by atoms with Gasteiger partial charge in [-0.15, -0.1) is 0 Å². The number of hydrogen-bond acceptors (Lipinski definition) is 2. The third kappa shape index (κ3) is 4.69. The van der Waals surface area contributed by atoms with Gasteiger partial charge in [-0.2, -0.15) is 0 Å². The quantitative estimate of drug-likeness (QED) is 0.843. The molecule has 0 bridgehead atoms. The van der Waals surface area contributed by atoms with Crippen LogP contribution < -0.4 is 5.32 Å². The zero-order valence-corrected chi connectivity index (χ0v) is 14.6. The van der Waals surface area contributed by atoms with Crippen molar-refractivity contribution < 1.29 is 9.59 Å². The van der Waals surface area contributed by atoms with Gasteiger partial charge in [0.2, 0.25) is 0 Å². The van der Waals surface area contributed by atoms with E-state index in [-0.39, 0.29) is 11.8 Å². The Morgan fingerprint density at radius 1 is 1.04 bits per heavy atom. The highest BCUT2D eigenvalue weighted by molar-refractivity contribution is 5.96. The largest absolute Gasteiger partial charge is 0.325 e. The van der Waals surface area contributed by atoms with Gasteiger partial charge in [-0.25, -0.2) is 4.79 Å². The second kappa shape index (κ2) is 7.97. The average Bonchev–Trinajstić information content (AvgIpc) is 2.63. The van der Waals surface area contributed by atoms with E-state index in [9.17, 15) is 9.59 Å². The summed E-state index contributed by atoms with van der Waals surface area (Å²) < 4.78 is 0. The predicted molar refractivity (Wildman–Crippen MR) is 99.9 cm³/mol. The standard InChI is InChI=1S/C21H24N2O2/c1-16(24)19-8-5-9-20(15-19)22-21(25)23-12-10-18(11-13-23)14-17-6-3-2-4-7-17/h2-9,15,18H,10-14H2,1H3,(H,22,25). The third-order valence-corrected chi connectivity index (χ3v) is 4.79. The molecule has 1 heterocycles. The van der Waals surface area contributed by atoms with Crippen LogP contribution in [0.2, 0.25) is 0 Å². The molecular weight excluding hydrogens is 312 g/mol. The van der Waals surface area contributed by atoms with Crippen molar-refractivity contribution in [2.24, 2.45) is 5.92 Å². The van der Waals surface area contributed by atoms with E-state index in [4.69, 9.17) is 0 Å². The lowest BCUT2D eigenvalue weighted by Gasteiger charge is -2.32. The number of anilines is 1. The number of hydrogen-bond donors (Lipinski definition) is 1. The Kier molecular flexibility index (Phi) is 5.49. The molecule has 0 radical (unpaired) electrons. The van der Waals surface area contributed by atoms with Crippen molar-refractivity contribution in [3.8, 4) is 0 Å². The maximum atomic E-state index is 12.4. The van der Waals surface area contributed by atoms with Crippen molar-refractivity contribution in [3.63, 3.8) is 0 Å². The maximum Gasteiger partial charge on any atom is 0.321 e. The number of ketones is 1.